The highest BCUT2D eigenvalue weighted by molar-refractivity contribution is 5.95. The second-order valence-electron chi connectivity index (χ2n) is 20.6. The molecule has 0 bridgehead atoms. The van der Waals surface area contributed by atoms with Crippen molar-refractivity contribution in [2.24, 2.45) is 50.2 Å². The molecule has 4 saturated carbocycles. The van der Waals surface area contributed by atoms with Crippen molar-refractivity contribution in [1.82, 2.24) is 0 Å². The lowest BCUT2D eigenvalue weighted by atomic mass is 9.33. The van der Waals surface area contributed by atoms with E-state index >= 15 is 0 Å². The molecule has 5 aliphatic carbocycles. The summed E-state index contributed by atoms with van der Waals surface area (Å²) in [4.78, 5) is 51.3. The Morgan fingerprint density at radius 1 is 0.690 bits per heavy atom. The van der Waals surface area contributed by atoms with E-state index in [1.807, 2.05) is 26.8 Å². The molecule has 2 saturated heterocycles. The highest BCUT2D eigenvalue weighted by Gasteiger charge is 2.71. The van der Waals surface area contributed by atoms with Gasteiger partial charge in [0.1, 0.15) is 36.6 Å². The van der Waals surface area contributed by atoms with E-state index in [1.54, 1.807) is 0 Å². The van der Waals surface area contributed by atoms with Gasteiger partial charge < -0.3 is 59.8 Å². The van der Waals surface area contributed by atoms with Crippen molar-refractivity contribution < 1.29 is 79.0 Å². The van der Waals surface area contributed by atoms with Crippen LogP contribution in [0.15, 0.2) is 11.6 Å². The number of fused-ring (bicyclic) bond motifs is 7. The number of aliphatic hydroxyl groups excluding tert-OH is 5. The van der Waals surface area contributed by atoms with Crippen molar-refractivity contribution >= 4 is 23.7 Å². The van der Waals surface area contributed by atoms with Gasteiger partial charge in [-0.2, -0.15) is 0 Å². The van der Waals surface area contributed by atoms with E-state index in [1.165, 1.54) is 0 Å². The summed E-state index contributed by atoms with van der Waals surface area (Å²) in [5.74, 6) is -4.47. The van der Waals surface area contributed by atoms with Gasteiger partial charge in [-0.15, -0.1) is 0 Å². The molecule has 6 fully saturated rings. The molecule has 7 aliphatic rings. The third-order valence-corrected chi connectivity index (χ3v) is 17.2. The lowest BCUT2D eigenvalue weighted by molar-refractivity contribution is -0.371. The summed E-state index contributed by atoms with van der Waals surface area (Å²) in [5.41, 5.74) is -1.81. The minimum absolute atomic E-state index is 0.0217. The molecule has 0 aromatic heterocycles. The fourth-order valence-corrected chi connectivity index (χ4v) is 13.4. The fraction of sp³-hybridized carbons (Fsp3) is 0.857. The third-order valence-electron chi connectivity index (χ3n) is 17.2. The number of hydrogen-bond acceptors (Lipinski definition) is 13. The quantitative estimate of drug-likeness (QED) is 0.171. The van der Waals surface area contributed by atoms with Gasteiger partial charge in [-0.05, 0) is 110 Å². The van der Waals surface area contributed by atoms with Crippen LogP contribution >= 0.6 is 0 Å². The molecule has 0 amide bonds. The normalized spacial score (nSPS) is 52.6. The number of carbonyl (C=O) groups excluding carboxylic acids is 1. The lowest BCUT2D eigenvalue weighted by Crippen LogP contribution is -2.68. The number of carboxylic acids is 3. The Bertz CT molecular complexity index is 1730. The number of ether oxygens (including phenoxy) is 4. The number of carbonyl (C=O) groups is 4. The maximum atomic E-state index is 14.8. The van der Waals surface area contributed by atoms with E-state index < -0.39 is 107 Å². The number of allylic oxidation sites excluding steroid dienone is 2. The smallest absolute Gasteiger partial charge is 0.335 e. The second-order valence-corrected chi connectivity index (χ2v) is 20.6. The molecule has 8 N–H and O–H groups in total. The van der Waals surface area contributed by atoms with Crippen molar-refractivity contribution in [2.75, 3.05) is 0 Å². The van der Waals surface area contributed by atoms with Crippen LogP contribution in [0.4, 0.5) is 0 Å². The summed E-state index contributed by atoms with van der Waals surface area (Å²) in [6.07, 6.45) is -12.2. The average Bonchev–Trinajstić information content (AvgIpc) is 3.13. The van der Waals surface area contributed by atoms with E-state index in [0.717, 1.165) is 37.7 Å². The van der Waals surface area contributed by atoms with Gasteiger partial charge >= 0.3 is 17.9 Å². The molecule has 0 aromatic carbocycles. The predicted molar refractivity (Wildman–Crippen MR) is 199 cm³/mol. The van der Waals surface area contributed by atoms with Gasteiger partial charge in [-0.3, -0.25) is 9.59 Å². The molecule has 16 heteroatoms. The summed E-state index contributed by atoms with van der Waals surface area (Å²) in [5, 5.41) is 83.0. The highest BCUT2D eigenvalue weighted by atomic mass is 16.8. The predicted octanol–water partition coefficient (Wildman–Crippen LogP) is 2.25. The van der Waals surface area contributed by atoms with Crippen LogP contribution in [-0.4, -0.2) is 132 Å². The highest BCUT2D eigenvalue weighted by Crippen LogP contribution is 2.75. The molecule has 7 rings (SSSR count). The van der Waals surface area contributed by atoms with Crippen molar-refractivity contribution in [3.8, 4) is 0 Å². The van der Waals surface area contributed by atoms with Gasteiger partial charge in [0.15, 0.2) is 30.6 Å². The van der Waals surface area contributed by atoms with Crippen LogP contribution in [0, 0.1) is 50.2 Å². The Balaban J connectivity index is 1.17. The summed E-state index contributed by atoms with van der Waals surface area (Å²) in [7, 11) is 0. The summed E-state index contributed by atoms with van der Waals surface area (Å²) in [6, 6.07) is 0. The average molecular weight is 823 g/mol. The molecule has 16 nitrogen and oxygen atoms in total. The van der Waals surface area contributed by atoms with Crippen LogP contribution in [0.1, 0.15) is 106 Å². The Labute approximate surface area is 337 Å². The van der Waals surface area contributed by atoms with Crippen LogP contribution in [0.25, 0.3) is 0 Å². The van der Waals surface area contributed by atoms with Crippen LogP contribution in [0.3, 0.4) is 0 Å². The van der Waals surface area contributed by atoms with Gasteiger partial charge in [0, 0.05) is 5.92 Å². The van der Waals surface area contributed by atoms with Crippen molar-refractivity contribution in [3.63, 3.8) is 0 Å². The molecule has 58 heavy (non-hydrogen) atoms. The first kappa shape index (κ1) is 43.5. The standard InChI is InChI=1S/C42H62O16/c1-37(2)21-8-11-42(7)31(20(43)16-18-19-17-39(4,36(53)54)13-12-38(19,3)14-15-41(18,42)6)40(21,5)10-9-22(37)55-35-30(26(47)25(46)29(57-35)33(51)52)58-34-27(48)23(44)24(45)28(56-34)32(49)50/h16,19,21-31,34-35,44-48H,8-15,17H2,1-7H3,(H,49,50)(H,51,52)(H,53,54)/t19-,21-,22+,23+,24+,25+,26+,27-,28+,29+,30-,31-,34+,35-,38-,39-,40+,41-,42-/m1/s1. The zero-order chi connectivity index (χ0) is 42.9. The zero-order valence-corrected chi connectivity index (χ0v) is 34.4. The minimum Gasteiger partial charge on any atom is -0.481 e. The zero-order valence-electron chi connectivity index (χ0n) is 34.4. The molecule has 2 aliphatic heterocycles. The van der Waals surface area contributed by atoms with Crippen molar-refractivity contribution in [3.05, 3.63) is 11.6 Å². The second kappa shape index (κ2) is 14.3. The van der Waals surface area contributed by atoms with Crippen LogP contribution in [-0.2, 0) is 38.1 Å². The largest absolute Gasteiger partial charge is 0.481 e. The number of aliphatic hydroxyl groups is 5. The van der Waals surface area contributed by atoms with E-state index in [2.05, 4.69) is 27.7 Å². The molecule has 19 atom stereocenters. The van der Waals surface area contributed by atoms with Gasteiger partial charge in [0.05, 0.1) is 11.5 Å². The fourth-order valence-electron chi connectivity index (χ4n) is 13.4. The van der Waals surface area contributed by atoms with Gasteiger partial charge in [-0.25, -0.2) is 9.59 Å². The van der Waals surface area contributed by atoms with Crippen molar-refractivity contribution in [2.45, 2.75) is 174 Å². The maximum Gasteiger partial charge on any atom is 0.335 e. The number of rotatable bonds is 7. The Kier molecular flexibility index (Phi) is 10.7. The monoisotopic (exact) mass is 822 g/mol. The molecule has 0 aromatic rings. The van der Waals surface area contributed by atoms with Crippen LogP contribution in [0.2, 0.25) is 0 Å². The third kappa shape index (κ3) is 6.25. The van der Waals surface area contributed by atoms with E-state index in [9.17, 15) is 60.0 Å². The first-order valence-corrected chi connectivity index (χ1v) is 20.7. The summed E-state index contributed by atoms with van der Waals surface area (Å²) in [6.45, 7) is 14.8. The Hall–Kier alpha value is -2.54. The number of hydrogen-bond donors (Lipinski definition) is 8. The minimum atomic E-state index is -2.05. The number of aliphatic carboxylic acids is 3. The van der Waals surface area contributed by atoms with E-state index in [0.29, 0.717) is 25.7 Å². The van der Waals surface area contributed by atoms with Gasteiger partial charge in [0.2, 0.25) is 0 Å². The molecule has 0 spiro atoms. The molecule has 2 heterocycles. The van der Waals surface area contributed by atoms with E-state index in [-0.39, 0.29) is 34.4 Å². The Morgan fingerprint density at radius 3 is 1.88 bits per heavy atom. The molecule has 326 valence electrons. The first-order valence-electron chi connectivity index (χ1n) is 20.7. The molecular formula is C42H62O16. The Morgan fingerprint density at radius 2 is 1.28 bits per heavy atom. The molecule has 0 radical (unpaired) electrons. The van der Waals surface area contributed by atoms with Crippen molar-refractivity contribution in [1.29, 1.82) is 0 Å². The topological polar surface area (TPSA) is 267 Å². The van der Waals surface area contributed by atoms with Gasteiger partial charge in [-0.1, -0.05) is 47.1 Å². The van der Waals surface area contributed by atoms with E-state index in [4.69, 9.17) is 18.9 Å². The molecule has 0 unspecified atom stereocenters. The maximum absolute atomic E-state index is 14.8. The first-order chi connectivity index (χ1) is 26.8. The van der Waals surface area contributed by atoms with Crippen LogP contribution < -0.4 is 0 Å². The van der Waals surface area contributed by atoms with Crippen LogP contribution in [0.5, 0.6) is 0 Å². The number of ketones is 1. The van der Waals surface area contributed by atoms with Gasteiger partial charge in [0.25, 0.3) is 0 Å². The lowest BCUT2D eigenvalue weighted by Gasteiger charge is -2.70. The molecular weight excluding hydrogens is 760 g/mol. The summed E-state index contributed by atoms with van der Waals surface area (Å²) >= 11 is 0. The summed E-state index contributed by atoms with van der Waals surface area (Å²) < 4.78 is 23.4. The number of carboxylic acid groups (broad SMARTS) is 3. The SMILES string of the molecule is CC1(C)[C@@H](O[C@@H]2O[C@H](C(=O)O)[C@@H](O)[C@H](O)[C@H]2O[C@@H]2O[C@H](C(=O)O)[C@@H](O)[C@H](O)[C@H]2O)CC[C@@]2(C)[C@@H]1CC[C@]1(C)[C@@H]2C(=O)C=C2[C@H]3C[C@](C)(C(=O)O)CC[C@]3(C)CC[C@]21C.